The number of hydrogen-bond donors (Lipinski definition) is 0. The second kappa shape index (κ2) is 5.49. The Balaban J connectivity index is 1.69. The van der Waals surface area contributed by atoms with Crippen LogP contribution in [0.25, 0.3) is 0 Å². The first-order valence-electron chi connectivity index (χ1n) is 7.05. The van der Waals surface area contributed by atoms with Crippen LogP contribution in [-0.2, 0) is 6.61 Å². The van der Waals surface area contributed by atoms with Gasteiger partial charge in [-0.05, 0) is 49.1 Å². The molecule has 2 heteroatoms. The van der Waals surface area contributed by atoms with Gasteiger partial charge in [0.15, 0.2) is 5.78 Å². The number of ether oxygens (including phenoxy) is 1. The maximum absolute atomic E-state index is 12.1. The Kier molecular flexibility index (Phi) is 3.55. The number of carbonyl (C=O) groups is 1. The molecule has 0 N–H and O–H groups in total. The maximum Gasteiger partial charge on any atom is 0.166 e. The van der Waals surface area contributed by atoms with Crippen LogP contribution < -0.4 is 4.74 Å². The summed E-state index contributed by atoms with van der Waals surface area (Å²) in [6.07, 6.45) is 2.09. The molecule has 0 aromatic heterocycles. The summed E-state index contributed by atoms with van der Waals surface area (Å²) in [5.41, 5.74) is 3.00. The normalized spacial score (nSPS) is 14.1. The molecule has 0 aliphatic heterocycles. The minimum absolute atomic E-state index is 0.268. The van der Waals surface area contributed by atoms with Crippen molar-refractivity contribution in [3.63, 3.8) is 0 Å². The van der Waals surface area contributed by atoms with Gasteiger partial charge in [-0.15, -0.1) is 0 Å². The molecular formula is C18H18O2. The van der Waals surface area contributed by atoms with Gasteiger partial charge < -0.3 is 4.74 Å². The molecule has 0 bridgehead atoms. The highest BCUT2D eigenvalue weighted by atomic mass is 16.5. The summed E-state index contributed by atoms with van der Waals surface area (Å²) in [5.74, 6) is 1.38. The molecule has 1 saturated carbocycles. The molecule has 2 aromatic rings. The second-order valence-electron chi connectivity index (χ2n) is 5.39. The third kappa shape index (κ3) is 2.90. The molecule has 1 fully saturated rings. The van der Waals surface area contributed by atoms with Gasteiger partial charge in [-0.2, -0.15) is 0 Å². The molecule has 0 radical (unpaired) electrons. The molecule has 2 aromatic carbocycles. The van der Waals surface area contributed by atoms with Gasteiger partial charge in [0.05, 0.1) is 0 Å². The van der Waals surface area contributed by atoms with E-state index in [4.69, 9.17) is 4.74 Å². The van der Waals surface area contributed by atoms with E-state index in [0.717, 1.165) is 35.3 Å². The van der Waals surface area contributed by atoms with Crippen molar-refractivity contribution in [3.05, 3.63) is 65.2 Å². The highest BCUT2D eigenvalue weighted by Crippen LogP contribution is 2.34. The SMILES string of the molecule is Cc1cc(OCc2ccccc2)ccc1C(=O)C1CC1. The average Bonchev–Trinajstić information content (AvgIpc) is 3.30. The van der Waals surface area contributed by atoms with Crippen LogP contribution in [0.1, 0.15) is 34.3 Å². The first-order valence-corrected chi connectivity index (χ1v) is 7.05. The van der Waals surface area contributed by atoms with Gasteiger partial charge >= 0.3 is 0 Å². The molecular weight excluding hydrogens is 248 g/mol. The van der Waals surface area contributed by atoms with Gasteiger partial charge in [-0.25, -0.2) is 0 Å². The molecule has 102 valence electrons. The van der Waals surface area contributed by atoms with Gasteiger partial charge in [-0.1, -0.05) is 30.3 Å². The summed E-state index contributed by atoms with van der Waals surface area (Å²) in [4.78, 5) is 12.1. The lowest BCUT2D eigenvalue weighted by Gasteiger charge is -2.09. The van der Waals surface area contributed by atoms with Crippen molar-refractivity contribution in [2.24, 2.45) is 5.92 Å². The van der Waals surface area contributed by atoms with Crippen LogP contribution in [0.3, 0.4) is 0 Å². The molecule has 0 atom stereocenters. The van der Waals surface area contributed by atoms with E-state index in [2.05, 4.69) is 0 Å². The fourth-order valence-corrected chi connectivity index (χ4v) is 2.31. The van der Waals surface area contributed by atoms with Crippen molar-refractivity contribution in [2.75, 3.05) is 0 Å². The lowest BCUT2D eigenvalue weighted by atomic mass is 10.0. The van der Waals surface area contributed by atoms with Crippen LogP contribution in [0, 0.1) is 12.8 Å². The lowest BCUT2D eigenvalue weighted by molar-refractivity contribution is 0.0967. The molecule has 1 aliphatic rings. The quantitative estimate of drug-likeness (QED) is 0.759. The van der Waals surface area contributed by atoms with E-state index < -0.39 is 0 Å². The first kappa shape index (κ1) is 12.9. The van der Waals surface area contributed by atoms with E-state index >= 15 is 0 Å². The Bertz CT molecular complexity index is 613. The van der Waals surface area contributed by atoms with Crippen LogP contribution in [0.15, 0.2) is 48.5 Å². The number of hydrogen-bond acceptors (Lipinski definition) is 2. The van der Waals surface area contributed by atoms with Gasteiger partial charge in [0.2, 0.25) is 0 Å². The summed E-state index contributed by atoms with van der Waals surface area (Å²) < 4.78 is 5.77. The fourth-order valence-electron chi connectivity index (χ4n) is 2.31. The monoisotopic (exact) mass is 266 g/mol. The minimum atomic E-state index is 0.268. The summed E-state index contributed by atoms with van der Waals surface area (Å²) in [6, 6.07) is 15.8. The Morgan fingerprint density at radius 3 is 2.55 bits per heavy atom. The lowest BCUT2D eigenvalue weighted by Crippen LogP contribution is -2.04. The zero-order chi connectivity index (χ0) is 13.9. The number of carbonyl (C=O) groups excluding carboxylic acids is 1. The van der Waals surface area contributed by atoms with Gasteiger partial charge in [0.25, 0.3) is 0 Å². The Hall–Kier alpha value is -2.09. The number of ketones is 1. The Morgan fingerprint density at radius 2 is 1.90 bits per heavy atom. The molecule has 2 nitrogen and oxygen atoms in total. The predicted molar refractivity (Wildman–Crippen MR) is 79.0 cm³/mol. The van der Waals surface area contributed by atoms with Crippen LogP contribution in [0.4, 0.5) is 0 Å². The van der Waals surface area contributed by atoms with E-state index in [0.29, 0.717) is 6.61 Å². The molecule has 0 heterocycles. The Labute approximate surface area is 119 Å². The number of rotatable bonds is 5. The molecule has 0 saturated heterocycles. The average molecular weight is 266 g/mol. The van der Waals surface area contributed by atoms with E-state index in [1.807, 2.05) is 55.5 Å². The maximum atomic E-state index is 12.1. The fraction of sp³-hybridized carbons (Fsp3) is 0.278. The second-order valence-corrected chi connectivity index (χ2v) is 5.39. The third-order valence-corrected chi connectivity index (χ3v) is 3.66. The smallest absolute Gasteiger partial charge is 0.166 e. The van der Waals surface area contributed by atoms with Crippen molar-refractivity contribution >= 4 is 5.78 Å². The number of Topliss-reactive ketones (excluding diaryl/α,β-unsaturated/α-hetero) is 1. The van der Waals surface area contributed by atoms with Crippen molar-refractivity contribution in [1.29, 1.82) is 0 Å². The van der Waals surface area contributed by atoms with Gasteiger partial charge in [-0.3, -0.25) is 4.79 Å². The van der Waals surface area contributed by atoms with E-state index in [-0.39, 0.29) is 11.7 Å². The number of aryl methyl sites for hydroxylation is 1. The van der Waals surface area contributed by atoms with E-state index in [1.54, 1.807) is 0 Å². The molecule has 20 heavy (non-hydrogen) atoms. The minimum Gasteiger partial charge on any atom is -0.489 e. The molecule has 3 rings (SSSR count). The van der Waals surface area contributed by atoms with Crippen molar-refractivity contribution in [1.82, 2.24) is 0 Å². The topological polar surface area (TPSA) is 26.3 Å². The van der Waals surface area contributed by atoms with Crippen LogP contribution in [0.5, 0.6) is 5.75 Å². The predicted octanol–water partition coefficient (Wildman–Crippen LogP) is 4.17. The largest absolute Gasteiger partial charge is 0.489 e. The summed E-state index contributed by atoms with van der Waals surface area (Å²) >= 11 is 0. The Morgan fingerprint density at radius 1 is 1.15 bits per heavy atom. The summed E-state index contributed by atoms with van der Waals surface area (Å²) in [6.45, 7) is 2.53. The van der Waals surface area contributed by atoms with E-state index in [9.17, 15) is 4.79 Å². The highest BCUT2D eigenvalue weighted by Gasteiger charge is 2.31. The molecule has 0 unspecified atom stereocenters. The number of benzene rings is 2. The van der Waals surface area contributed by atoms with Crippen molar-refractivity contribution in [3.8, 4) is 5.75 Å². The highest BCUT2D eigenvalue weighted by molar-refractivity contribution is 6.00. The zero-order valence-electron chi connectivity index (χ0n) is 11.6. The van der Waals surface area contributed by atoms with E-state index in [1.165, 1.54) is 0 Å². The van der Waals surface area contributed by atoms with Crippen molar-refractivity contribution < 1.29 is 9.53 Å². The molecule has 0 spiro atoms. The first-order chi connectivity index (χ1) is 9.74. The standard InChI is InChI=1S/C18H18O2/c1-13-11-16(20-12-14-5-3-2-4-6-14)9-10-17(13)18(19)15-7-8-15/h2-6,9-11,15H,7-8,12H2,1H3. The summed E-state index contributed by atoms with van der Waals surface area (Å²) in [5, 5.41) is 0. The van der Waals surface area contributed by atoms with Crippen LogP contribution in [-0.4, -0.2) is 5.78 Å². The van der Waals surface area contributed by atoms with Gasteiger partial charge in [0, 0.05) is 11.5 Å². The third-order valence-electron chi connectivity index (χ3n) is 3.66. The van der Waals surface area contributed by atoms with Crippen molar-refractivity contribution in [2.45, 2.75) is 26.4 Å². The molecule has 0 amide bonds. The van der Waals surface area contributed by atoms with Gasteiger partial charge in [0.1, 0.15) is 12.4 Å². The van der Waals surface area contributed by atoms with Crippen LogP contribution in [0.2, 0.25) is 0 Å². The molecule has 1 aliphatic carbocycles. The van der Waals surface area contributed by atoms with Crippen LogP contribution >= 0.6 is 0 Å². The summed E-state index contributed by atoms with van der Waals surface area (Å²) in [7, 11) is 0. The zero-order valence-corrected chi connectivity index (χ0v) is 11.6.